The van der Waals surface area contributed by atoms with Crippen molar-refractivity contribution in [1.82, 2.24) is 10.2 Å². The summed E-state index contributed by atoms with van der Waals surface area (Å²) in [5.74, 6) is 1.53. The first-order valence-electron chi connectivity index (χ1n) is 8.81. The van der Waals surface area contributed by atoms with Crippen LogP contribution in [0, 0.1) is 0 Å². The number of amides is 2. The molecular formula is C20H22N2O3S. The van der Waals surface area contributed by atoms with E-state index in [4.69, 9.17) is 4.74 Å². The van der Waals surface area contributed by atoms with Gasteiger partial charge in [-0.25, -0.2) is 0 Å². The summed E-state index contributed by atoms with van der Waals surface area (Å²) in [7, 11) is 1.66. The van der Waals surface area contributed by atoms with Gasteiger partial charge in [0.2, 0.25) is 11.8 Å². The van der Waals surface area contributed by atoms with Crippen LogP contribution in [0.15, 0.2) is 36.4 Å². The van der Waals surface area contributed by atoms with Crippen LogP contribution in [0.25, 0.3) is 10.8 Å². The normalized spacial score (nSPS) is 24.8. The summed E-state index contributed by atoms with van der Waals surface area (Å²) in [6.45, 7) is 2.52. The number of hydrogen-bond donors (Lipinski definition) is 1. The van der Waals surface area contributed by atoms with Gasteiger partial charge < -0.3 is 15.0 Å². The van der Waals surface area contributed by atoms with E-state index in [1.54, 1.807) is 23.8 Å². The number of ether oxygens (including phenoxy) is 1. The Balaban J connectivity index is 1.45. The minimum absolute atomic E-state index is 0.0636. The number of benzene rings is 2. The van der Waals surface area contributed by atoms with Crippen LogP contribution in [0.5, 0.6) is 5.75 Å². The topological polar surface area (TPSA) is 58.6 Å². The number of hydrogen-bond acceptors (Lipinski definition) is 4. The van der Waals surface area contributed by atoms with E-state index in [9.17, 15) is 9.59 Å². The molecule has 5 nitrogen and oxygen atoms in total. The summed E-state index contributed by atoms with van der Waals surface area (Å²) in [6, 6.07) is 11.7. The van der Waals surface area contributed by atoms with E-state index in [-0.39, 0.29) is 22.7 Å². The summed E-state index contributed by atoms with van der Waals surface area (Å²) in [4.78, 5) is 26.4. The molecule has 2 atom stereocenters. The van der Waals surface area contributed by atoms with E-state index in [1.165, 1.54) is 0 Å². The molecule has 4 rings (SSSR count). The zero-order valence-corrected chi connectivity index (χ0v) is 15.8. The average molecular weight is 370 g/mol. The fourth-order valence-electron chi connectivity index (χ4n) is 3.83. The first kappa shape index (κ1) is 17.2. The Labute approximate surface area is 157 Å². The van der Waals surface area contributed by atoms with Gasteiger partial charge in [-0.3, -0.25) is 9.59 Å². The average Bonchev–Trinajstić information content (AvgIpc) is 3.15. The fraction of sp³-hybridized carbons (Fsp3) is 0.400. The maximum Gasteiger partial charge on any atom is 0.243 e. The van der Waals surface area contributed by atoms with Crippen LogP contribution in [0.3, 0.4) is 0 Å². The highest BCUT2D eigenvalue weighted by Crippen LogP contribution is 2.47. The van der Waals surface area contributed by atoms with Gasteiger partial charge in [-0.15, -0.1) is 11.8 Å². The number of carbonyl (C=O) groups is 2. The molecule has 2 saturated heterocycles. The van der Waals surface area contributed by atoms with Crippen LogP contribution in [-0.2, 0) is 16.1 Å². The Kier molecular flexibility index (Phi) is 4.31. The largest absolute Gasteiger partial charge is 0.497 e. The molecule has 2 aromatic rings. The SMILES string of the molecule is COc1ccc2cc(CNC(=O)C3CSC4(C)CCC(=O)N34)ccc2c1. The van der Waals surface area contributed by atoms with Crippen LogP contribution in [0.2, 0.25) is 0 Å². The number of nitrogens with one attached hydrogen (secondary N) is 1. The standard InChI is InChI=1S/C20H22N2O3S/c1-20-8-7-18(23)22(20)17(12-26-20)19(24)21-11-13-3-4-15-10-16(25-2)6-5-14(15)9-13/h3-6,9-10,17H,7-8,11-12H2,1-2H3,(H,21,24). The molecule has 1 N–H and O–H groups in total. The molecule has 2 fully saturated rings. The first-order valence-corrected chi connectivity index (χ1v) is 9.79. The van der Waals surface area contributed by atoms with Crippen molar-refractivity contribution in [2.45, 2.75) is 37.2 Å². The van der Waals surface area contributed by atoms with E-state index in [2.05, 4.69) is 18.3 Å². The van der Waals surface area contributed by atoms with Gasteiger partial charge in [0.25, 0.3) is 0 Å². The molecule has 0 bridgehead atoms. The Morgan fingerprint density at radius 2 is 2.08 bits per heavy atom. The van der Waals surface area contributed by atoms with Crippen LogP contribution in [0.4, 0.5) is 0 Å². The van der Waals surface area contributed by atoms with Crippen molar-refractivity contribution in [1.29, 1.82) is 0 Å². The van der Waals surface area contributed by atoms with Gasteiger partial charge in [0.15, 0.2) is 0 Å². The molecule has 136 valence electrons. The summed E-state index contributed by atoms with van der Waals surface area (Å²) in [6.07, 6.45) is 1.37. The van der Waals surface area contributed by atoms with Crippen molar-refractivity contribution in [3.8, 4) is 5.75 Å². The van der Waals surface area contributed by atoms with Gasteiger partial charge in [0.1, 0.15) is 11.8 Å². The molecule has 0 radical (unpaired) electrons. The minimum Gasteiger partial charge on any atom is -0.497 e. The van der Waals surface area contributed by atoms with E-state index in [0.29, 0.717) is 18.7 Å². The molecule has 2 unspecified atom stereocenters. The summed E-state index contributed by atoms with van der Waals surface area (Å²) < 4.78 is 5.25. The number of thioether (sulfide) groups is 1. The van der Waals surface area contributed by atoms with Crippen molar-refractivity contribution in [2.75, 3.05) is 12.9 Å². The van der Waals surface area contributed by atoms with Gasteiger partial charge >= 0.3 is 0 Å². The maximum absolute atomic E-state index is 12.7. The second-order valence-electron chi connectivity index (χ2n) is 7.03. The smallest absolute Gasteiger partial charge is 0.243 e. The Morgan fingerprint density at radius 1 is 1.31 bits per heavy atom. The molecule has 2 aliphatic rings. The summed E-state index contributed by atoms with van der Waals surface area (Å²) in [5, 5.41) is 5.22. The second kappa shape index (κ2) is 6.50. The maximum atomic E-state index is 12.7. The van der Waals surface area contributed by atoms with Crippen molar-refractivity contribution < 1.29 is 14.3 Å². The Morgan fingerprint density at radius 3 is 2.88 bits per heavy atom. The highest BCUT2D eigenvalue weighted by Gasteiger charge is 2.52. The number of methoxy groups -OCH3 is 1. The second-order valence-corrected chi connectivity index (χ2v) is 8.53. The number of nitrogens with zero attached hydrogens (tertiary/aromatic N) is 1. The quantitative estimate of drug-likeness (QED) is 0.899. The van der Waals surface area contributed by atoms with E-state index >= 15 is 0 Å². The van der Waals surface area contributed by atoms with Crippen molar-refractivity contribution in [3.63, 3.8) is 0 Å². The molecule has 2 aromatic carbocycles. The minimum atomic E-state index is -0.357. The third-order valence-electron chi connectivity index (χ3n) is 5.33. The van der Waals surface area contributed by atoms with Gasteiger partial charge in [0, 0.05) is 18.7 Å². The number of rotatable bonds is 4. The van der Waals surface area contributed by atoms with E-state index in [1.807, 2.05) is 30.3 Å². The van der Waals surface area contributed by atoms with Gasteiger partial charge in [-0.1, -0.05) is 18.2 Å². The van der Waals surface area contributed by atoms with Gasteiger partial charge in [0.05, 0.1) is 12.0 Å². The van der Waals surface area contributed by atoms with Crippen LogP contribution >= 0.6 is 11.8 Å². The predicted octanol–water partition coefficient (Wildman–Crippen LogP) is 2.92. The monoisotopic (exact) mass is 370 g/mol. The molecule has 0 aromatic heterocycles. The van der Waals surface area contributed by atoms with E-state index < -0.39 is 0 Å². The van der Waals surface area contributed by atoms with Gasteiger partial charge in [-0.05, 0) is 47.9 Å². The number of carbonyl (C=O) groups excluding carboxylic acids is 2. The fourth-order valence-corrected chi connectivity index (χ4v) is 5.26. The summed E-state index contributed by atoms with van der Waals surface area (Å²) >= 11 is 1.71. The lowest BCUT2D eigenvalue weighted by Crippen LogP contribution is -2.49. The number of fused-ring (bicyclic) bond motifs is 2. The molecule has 0 saturated carbocycles. The van der Waals surface area contributed by atoms with Crippen LogP contribution in [-0.4, -0.2) is 40.5 Å². The Bertz CT molecular complexity index is 884. The molecule has 6 heteroatoms. The highest BCUT2D eigenvalue weighted by atomic mass is 32.2. The first-order chi connectivity index (χ1) is 12.5. The zero-order chi connectivity index (χ0) is 18.3. The lowest BCUT2D eigenvalue weighted by molar-refractivity contribution is -0.138. The van der Waals surface area contributed by atoms with Crippen molar-refractivity contribution >= 4 is 34.3 Å². The Hall–Kier alpha value is -2.21. The van der Waals surface area contributed by atoms with Crippen LogP contribution in [0.1, 0.15) is 25.3 Å². The molecule has 26 heavy (non-hydrogen) atoms. The van der Waals surface area contributed by atoms with E-state index in [0.717, 1.165) is 28.5 Å². The molecular weight excluding hydrogens is 348 g/mol. The molecule has 0 spiro atoms. The predicted molar refractivity (Wildman–Crippen MR) is 103 cm³/mol. The van der Waals surface area contributed by atoms with Crippen molar-refractivity contribution in [2.24, 2.45) is 0 Å². The third kappa shape index (κ3) is 2.92. The highest BCUT2D eigenvalue weighted by molar-refractivity contribution is 8.01. The van der Waals surface area contributed by atoms with Crippen LogP contribution < -0.4 is 10.1 Å². The lowest BCUT2D eigenvalue weighted by Gasteiger charge is -2.29. The molecule has 2 aliphatic heterocycles. The molecule has 2 amide bonds. The van der Waals surface area contributed by atoms with Crippen molar-refractivity contribution in [3.05, 3.63) is 42.0 Å². The molecule has 0 aliphatic carbocycles. The molecule has 2 heterocycles. The third-order valence-corrected chi connectivity index (χ3v) is 6.83. The van der Waals surface area contributed by atoms with Gasteiger partial charge in [-0.2, -0.15) is 0 Å². The zero-order valence-electron chi connectivity index (χ0n) is 15.0. The summed E-state index contributed by atoms with van der Waals surface area (Å²) in [5.41, 5.74) is 1.04. The lowest BCUT2D eigenvalue weighted by atomic mass is 10.1.